The van der Waals surface area contributed by atoms with Crippen LogP contribution in [0.2, 0.25) is 0 Å². The first-order valence-electron chi connectivity index (χ1n) is 5.36. The molecule has 2 radical (unpaired) electrons. The molecule has 19 heavy (non-hydrogen) atoms. The van der Waals surface area contributed by atoms with E-state index in [0.29, 0.717) is 12.1 Å². The summed E-state index contributed by atoms with van der Waals surface area (Å²) in [5.41, 5.74) is 0.946. The third kappa shape index (κ3) is 4.92. The molecule has 0 aliphatic carbocycles. The van der Waals surface area contributed by atoms with E-state index in [1.165, 1.54) is 13.2 Å². The summed E-state index contributed by atoms with van der Waals surface area (Å²) in [5.74, 6) is -1.09. The van der Waals surface area contributed by atoms with Crippen LogP contribution < -0.4 is 4.74 Å². The van der Waals surface area contributed by atoms with Gasteiger partial charge in [0.15, 0.2) is 0 Å². The zero-order valence-corrected chi connectivity index (χ0v) is 11.1. The highest BCUT2D eigenvalue weighted by Crippen LogP contribution is 2.21. The lowest BCUT2D eigenvalue weighted by molar-refractivity contribution is 0.0524. The van der Waals surface area contributed by atoms with E-state index in [-0.39, 0.29) is 5.56 Å². The second kappa shape index (κ2) is 6.58. The third-order valence-electron chi connectivity index (χ3n) is 2.30. The molecule has 0 fully saturated rings. The molecule has 0 heterocycles. The summed E-state index contributed by atoms with van der Waals surface area (Å²) < 4.78 is 39.2. The van der Waals surface area contributed by atoms with E-state index < -0.39 is 28.4 Å². The molecule has 0 atom stereocenters. The van der Waals surface area contributed by atoms with E-state index in [0.717, 1.165) is 5.56 Å². The predicted molar refractivity (Wildman–Crippen MR) is 69.2 cm³/mol. The average molecular weight is 284 g/mol. The van der Waals surface area contributed by atoms with Crippen LogP contribution in [0.25, 0.3) is 0 Å². The molecule has 1 aromatic rings. The van der Waals surface area contributed by atoms with Gasteiger partial charge in [-0.15, -0.1) is 0 Å². The molecule has 0 unspecified atom stereocenters. The van der Waals surface area contributed by atoms with Gasteiger partial charge in [0, 0.05) is 0 Å². The summed E-state index contributed by atoms with van der Waals surface area (Å²) in [6.45, 7) is -0.431. The highest BCUT2D eigenvalue weighted by atomic mass is 32.2. The van der Waals surface area contributed by atoms with Crippen LogP contribution in [-0.4, -0.2) is 46.3 Å². The highest BCUT2D eigenvalue weighted by molar-refractivity contribution is 7.85. The number of ether oxygens (including phenoxy) is 2. The molecule has 0 saturated carbocycles. The summed E-state index contributed by atoms with van der Waals surface area (Å²) >= 11 is 0. The van der Waals surface area contributed by atoms with Gasteiger partial charge in [0.05, 0.1) is 15.0 Å². The standard InChI is InChI=1S/C11H13BO6S/c1-17-10-6-8(7-12)2-3-9(10)11(13)18-4-5-19(14,15)16/h2-3,6H,4-5,7H2,1H3,(H,14,15,16). The van der Waals surface area contributed by atoms with Gasteiger partial charge in [0.2, 0.25) is 0 Å². The van der Waals surface area contributed by atoms with Crippen LogP contribution in [0.15, 0.2) is 18.2 Å². The Balaban J connectivity index is 2.76. The molecule has 0 bridgehead atoms. The molecule has 0 spiro atoms. The molecular formula is C11H13BO6S. The van der Waals surface area contributed by atoms with Crippen molar-refractivity contribution >= 4 is 23.9 Å². The molecule has 0 aliphatic heterocycles. The van der Waals surface area contributed by atoms with Gasteiger partial charge in [0.1, 0.15) is 23.7 Å². The Bertz CT molecular complexity index is 554. The van der Waals surface area contributed by atoms with Gasteiger partial charge in [-0.05, 0) is 12.1 Å². The van der Waals surface area contributed by atoms with Crippen molar-refractivity contribution in [1.29, 1.82) is 0 Å². The summed E-state index contributed by atoms with van der Waals surface area (Å²) in [6, 6.07) is 4.72. The smallest absolute Gasteiger partial charge is 0.341 e. The van der Waals surface area contributed by atoms with Crippen LogP contribution in [-0.2, 0) is 21.2 Å². The highest BCUT2D eigenvalue weighted by Gasteiger charge is 2.15. The summed E-state index contributed by atoms with van der Waals surface area (Å²) in [7, 11) is 2.70. The molecule has 6 nitrogen and oxygen atoms in total. The monoisotopic (exact) mass is 284 g/mol. The van der Waals surface area contributed by atoms with Crippen molar-refractivity contribution in [3.05, 3.63) is 29.3 Å². The SMILES string of the molecule is [B]Cc1ccc(C(=O)OCCS(=O)(=O)O)c(OC)c1. The van der Waals surface area contributed by atoms with Gasteiger partial charge in [-0.3, -0.25) is 4.55 Å². The van der Waals surface area contributed by atoms with Gasteiger partial charge >= 0.3 is 5.97 Å². The van der Waals surface area contributed by atoms with E-state index in [1.807, 2.05) is 0 Å². The molecular weight excluding hydrogens is 271 g/mol. The van der Waals surface area contributed by atoms with Crippen molar-refractivity contribution in [1.82, 2.24) is 0 Å². The largest absolute Gasteiger partial charge is 0.496 e. The minimum absolute atomic E-state index is 0.162. The number of carbonyl (C=O) groups is 1. The molecule has 0 saturated heterocycles. The van der Waals surface area contributed by atoms with Crippen molar-refractivity contribution < 1.29 is 27.2 Å². The summed E-state index contributed by atoms with van der Waals surface area (Å²) in [6.07, 6.45) is 0.300. The minimum atomic E-state index is -4.15. The van der Waals surface area contributed by atoms with Crippen LogP contribution >= 0.6 is 0 Å². The number of hydrogen-bond donors (Lipinski definition) is 1. The molecule has 0 amide bonds. The molecule has 1 aromatic carbocycles. The van der Waals surface area contributed by atoms with E-state index in [9.17, 15) is 13.2 Å². The second-order valence-corrected chi connectivity index (χ2v) is 5.23. The van der Waals surface area contributed by atoms with Crippen LogP contribution in [0.1, 0.15) is 15.9 Å². The topological polar surface area (TPSA) is 89.9 Å². The number of methoxy groups -OCH3 is 1. The molecule has 8 heteroatoms. The minimum Gasteiger partial charge on any atom is -0.496 e. The van der Waals surface area contributed by atoms with Crippen LogP contribution in [0, 0.1) is 0 Å². The lowest BCUT2D eigenvalue weighted by atomic mass is 9.96. The average Bonchev–Trinajstić information content (AvgIpc) is 2.36. The maximum Gasteiger partial charge on any atom is 0.341 e. The normalized spacial score (nSPS) is 11.1. The van der Waals surface area contributed by atoms with Gasteiger partial charge in [-0.1, -0.05) is 17.9 Å². The van der Waals surface area contributed by atoms with Crippen molar-refractivity contribution in [2.45, 2.75) is 6.32 Å². The van der Waals surface area contributed by atoms with Crippen LogP contribution in [0.4, 0.5) is 0 Å². The quantitative estimate of drug-likeness (QED) is 0.462. The zero-order chi connectivity index (χ0) is 14.5. The number of hydrogen-bond acceptors (Lipinski definition) is 5. The van der Waals surface area contributed by atoms with Crippen molar-refractivity contribution in [2.24, 2.45) is 0 Å². The third-order valence-corrected chi connectivity index (χ3v) is 2.98. The lowest BCUT2D eigenvalue weighted by Gasteiger charge is -2.09. The van der Waals surface area contributed by atoms with Crippen molar-refractivity contribution in [3.63, 3.8) is 0 Å². The van der Waals surface area contributed by atoms with Crippen molar-refractivity contribution in [2.75, 3.05) is 19.5 Å². The Morgan fingerprint density at radius 2 is 2.11 bits per heavy atom. The summed E-state index contributed by atoms with van der Waals surface area (Å²) in [4.78, 5) is 11.7. The number of carbonyl (C=O) groups excluding carboxylic acids is 1. The van der Waals surface area contributed by atoms with Crippen LogP contribution in [0.3, 0.4) is 0 Å². The lowest BCUT2D eigenvalue weighted by Crippen LogP contribution is -2.15. The number of rotatable bonds is 6. The Hall–Kier alpha value is -1.54. The van der Waals surface area contributed by atoms with Crippen molar-refractivity contribution in [3.8, 4) is 5.75 Å². The maximum atomic E-state index is 11.7. The van der Waals surface area contributed by atoms with Gasteiger partial charge in [0.25, 0.3) is 10.1 Å². The van der Waals surface area contributed by atoms with Gasteiger partial charge in [-0.25, -0.2) is 4.79 Å². The maximum absolute atomic E-state index is 11.7. The molecule has 102 valence electrons. The number of esters is 1. The second-order valence-electron chi connectivity index (χ2n) is 3.66. The molecule has 1 rings (SSSR count). The fourth-order valence-corrected chi connectivity index (χ4v) is 1.64. The van der Waals surface area contributed by atoms with Gasteiger partial charge < -0.3 is 9.47 Å². The molecule has 0 aliphatic rings. The number of benzene rings is 1. The first-order valence-corrected chi connectivity index (χ1v) is 6.97. The Kier molecular flexibility index (Phi) is 5.37. The van der Waals surface area contributed by atoms with E-state index in [1.54, 1.807) is 12.1 Å². The predicted octanol–water partition coefficient (Wildman–Crippen LogP) is 0.408. The fourth-order valence-electron chi connectivity index (χ4n) is 1.35. The summed E-state index contributed by atoms with van der Waals surface area (Å²) in [5, 5.41) is 0. The Labute approximate surface area is 112 Å². The Morgan fingerprint density at radius 3 is 2.63 bits per heavy atom. The first kappa shape index (κ1) is 15.5. The Morgan fingerprint density at radius 1 is 1.42 bits per heavy atom. The first-order chi connectivity index (χ1) is 8.87. The van der Waals surface area contributed by atoms with Crippen LogP contribution in [0.5, 0.6) is 5.75 Å². The molecule has 0 aromatic heterocycles. The van der Waals surface area contributed by atoms with Gasteiger partial charge in [-0.2, -0.15) is 8.42 Å². The zero-order valence-electron chi connectivity index (χ0n) is 10.3. The van der Waals surface area contributed by atoms with E-state index >= 15 is 0 Å². The molecule has 1 N–H and O–H groups in total. The fraction of sp³-hybridized carbons (Fsp3) is 0.364. The van der Waals surface area contributed by atoms with E-state index in [2.05, 4.69) is 0 Å². The van der Waals surface area contributed by atoms with E-state index in [4.69, 9.17) is 21.9 Å².